The van der Waals surface area contributed by atoms with Crippen LogP contribution in [0.5, 0.6) is 0 Å². The second-order valence-corrected chi connectivity index (χ2v) is 12.7. The van der Waals surface area contributed by atoms with Gasteiger partial charge in [-0.05, 0) is 58.4 Å². The van der Waals surface area contributed by atoms with Gasteiger partial charge in [-0.25, -0.2) is 0 Å². The summed E-state index contributed by atoms with van der Waals surface area (Å²) in [4.78, 5) is 36.0. The van der Waals surface area contributed by atoms with Crippen molar-refractivity contribution in [3.8, 4) is 0 Å². The summed E-state index contributed by atoms with van der Waals surface area (Å²) in [7, 11) is 0. The van der Waals surface area contributed by atoms with Crippen LogP contribution in [0, 0.1) is 5.92 Å². The first-order valence-corrected chi connectivity index (χ1v) is 15.3. The Kier molecular flexibility index (Phi) is 10.8. The second-order valence-electron chi connectivity index (χ2n) is 12.7. The molecule has 232 valence electrons. The number of allylic oxidation sites excluding steroid dienone is 2. The molecule has 0 aromatic rings. The molecule has 3 aliphatic heterocycles. The van der Waals surface area contributed by atoms with E-state index < -0.39 is 6.10 Å². The van der Waals surface area contributed by atoms with Crippen LogP contribution in [0.3, 0.4) is 0 Å². The standard InChI is InChI=1S/C33H48N2O7/c1-20(7-10-27-17-33(19-39-33)18-28(42-27)16-32(38)34-26-13-21(2)14-26)8-11-30-22(3)15-29(24(5)41-30)35-31(37)12-9-23(4)40-25(6)36/h7-10,12,22-24,26-30H,2,11,13-19H2,1,3-6H3,(H,34,38)(H,35,37). The number of hydrogen-bond acceptors (Lipinski definition) is 7. The molecule has 0 bridgehead atoms. The highest BCUT2D eigenvalue weighted by molar-refractivity contribution is 5.87. The summed E-state index contributed by atoms with van der Waals surface area (Å²) in [6.45, 7) is 13.9. The summed E-state index contributed by atoms with van der Waals surface area (Å²) < 4.78 is 23.4. The number of esters is 1. The molecule has 4 rings (SSSR count). The van der Waals surface area contributed by atoms with Gasteiger partial charge in [-0.1, -0.05) is 42.9 Å². The predicted octanol–water partition coefficient (Wildman–Crippen LogP) is 4.23. The minimum Gasteiger partial charge on any atom is -0.459 e. The Balaban J connectivity index is 1.22. The van der Waals surface area contributed by atoms with E-state index in [1.807, 2.05) is 6.92 Å². The van der Waals surface area contributed by atoms with Crippen molar-refractivity contribution in [3.63, 3.8) is 0 Å². The van der Waals surface area contributed by atoms with Gasteiger partial charge in [-0.15, -0.1) is 0 Å². The van der Waals surface area contributed by atoms with E-state index in [1.54, 1.807) is 13.0 Å². The summed E-state index contributed by atoms with van der Waals surface area (Å²) >= 11 is 0. The lowest BCUT2D eigenvalue weighted by atomic mass is 9.87. The highest BCUT2D eigenvalue weighted by Crippen LogP contribution is 2.43. The number of epoxide rings is 1. The van der Waals surface area contributed by atoms with Gasteiger partial charge < -0.3 is 29.6 Å². The third-order valence-corrected chi connectivity index (χ3v) is 8.60. The molecule has 4 aliphatic rings. The van der Waals surface area contributed by atoms with Crippen molar-refractivity contribution in [2.24, 2.45) is 5.92 Å². The Labute approximate surface area is 250 Å². The molecule has 3 saturated heterocycles. The van der Waals surface area contributed by atoms with E-state index in [0.717, 1.165) is 50.7 Å². The van der Waals surface area contributed by atoms with Gasteiger partial charge in [-0.2, -0.15) is 0 Å². The van der Waals surface area contributed by atoms with Crippen molar-refractivity contribution in [2.45, 2.75) is 128 Å². The zero-order valence-corrected chi connectivity index (χ0v) is 25.7. The maximum absolute atomic E-state index is 12.5. The molecular formula is C33H48N2O7. The zero-order chi connectivity index (χ0) is 30.4. The van der Waals surface area contributed by atoms with Crippen LogP contribution < -0.4 is 10.6 Å². The molecule has 0 radical (unpaired) electrons. The van der Waals surface area contributed by atoms with Crippen LogP contribution in [0.15, 0.2) is 48.1 Å². The third kappa shape index (κ3) is 9.64. The largest absolute Gasteiger partial charge is 0.459 e. The van der Waals surface area contributed by atoms with Crippen molar-refractivity contribution in [1.82, 2.24) is 10.6 Å². The predicted molar refractivity (Wildman–Crippen MR) is 159 cm³/mol. The van der Waals surface area contributed by atoms with Crippen molar-refractivity contribution in [1.29, 1.82) is 0 Å². The van der Waals surface area contributed by atoms with Gasteiger partial charge in [-0.3, -0.25) is 14.4 Å². The summed E-state index contributed by atoms with van der Waals surface area (Å²) in [5.41, 5.74) is 2.17. The first-order valence-electron chi connectivity index (χ1n) is 15.3. The Morgan fingerprint density at radius 3 is 2.52 bits per heavy atom. The molecule has 3 heterocycles. The molecule has 2 amide bonds. The van der Waals surface area contributed by atoms with Crippen LogP contribution in [-0.4, -0.2) is 72.6 Å². The topological polar surface area (TPSA) is 115 Å². The number of nitrogens with one attached hydrogen (secondary N) is 2. The lowest BCUT2D eigenvalue weighted by Crippen LogP contribution is -2.50. The number of carbonyl (C=O) groups excluding carboxylic acids is 3. The molecular weight excluding hydrogens is 536 g/mol. The van der Waals surface area contributed by atoms with Crippen LogP contribution in [0.4, 0.5) is 0 Å². The maximum atomic E-state index is 12.5. The Morgan fingerprint density at radius 2 is 1.86 bits per heavy atom. The number of ether oxygens (including phenoxy) is 4. The molecule has 9 heteroatoms. The van der Waals surface area contributed by atoms with Crippen LogP contribution in [0.2, 0.25) is 0 Å². The molecule has 1 spiro atoms. The summed E-state index contributed by atoms with van der Waals surface area (Å²) in [6.07, 6.45) is 13.8. The van der Waals surface area contributed by atoms with E-state index in [9.17, 15) is 14.4 Å². The normalized spacial score (nSPS) is 34.3. The first-order chi connectivity index (χ1) is 19.9. The first kappa shape index (κ1) is 32.2. The van der Waals surface area contributed by atoms with Crippen molar-refractivity contribution in [3.05, 3.63) is 48.1 Å². The van der Waals surface area contributed by atoms with E-state index in [1.165, 1.54) is 18.6 Å². The van der Waals surface area contributed by atoms with Crippen LogP contribution in [-0.2, 0) is 33.3 Å². The average Bonchev–Trinajstić information content (AvgIpc) is 3.63. The van der Waals surface area contributed by atoms with Crippen LogP contribution >= 0.6 is 0 Å². The SMILES string of the molecule is C=C1CC(NC(=O)CC2CC3(CO3)CC(C=CC(C)=CCC3OC(C)C(NC(=O)C=CC(C)OC(C)=O)CC3C)O2)C1. The summed E-state index contributed by atoms with van der Waals surface area (Å²) in [5, 5.41) is 6.11. The van der Waals surface area contributed by atoms with Gasteiger partial charge in [0.1, 0.15) is 6.10 Å². The second kappa shape index (κ2) is 14.1. The lowest BCUT2D eigenvalue weighted by molar-refractivity contribution is -0.143. The minimum atomic E-state index is -0.459. The molecule has 9 nitrogen and oxygen atoms in total. The summed E-state index contributed by atoms with van der Waals surface area (Å²) in [5.74, 6) is -0.304. The molecule has 1 aliphatic carbocycles. The van der Waals surface area contributed by atoms with Gasteiger partial charge in [0.15, 0.2) is 0 Å². The molecule has 2 N–H and O–H groups in total. The average molecular weight is 585 g/mol. The molecule has 0 aromatic heterocycles. The van der Waals surface area contributed by atoms with Gasteiger partial charge in [0, 0.05) is 31.9 Å². The molecule has 42 heavy (non-hydrogen) atoms. The van der Waals surface area contributed by atoms with Crippen molar-refractivity contribution < 1.29 is 33.3 Å². The third-order valence-electron chi connectivity index (χ3n) is 8.60. The fourth-order valence-corrected chi connectivity index (χ4v) is 6.11. The van der Waals surface area contributed by atoms with E-state index >= 15 is 0 Å². The van der Waals surface area contributed by atoms with Crippen molar-refractivity contribution >= 4 is 17.8 Å². The van der Waals surface area contributed by atoms with E-state index in [0.29, 0.717) is 6.42 Å². The number of amides is 2. The van der Waals surface area contributed by atoms with Gasteiger partial charge >= 0.3 is 5.97 Å². The fraction of sp³-hybridized carbons (Fsp3) is 0.667. The number of hydrogen-bond donors (Lipinski definition) is 2. The Hall–Kier alpha value is -2.75. The number of rotatable bonds is 11. The lowest BCUT2D eigenvalue weighted by Gasteiger charge is -2.39. The van der Waals surface area contributed by atoms with E-state index in [2.05, 4.69) is 49.3 Å². The Bertz CT molecular complexity index is 1100. The molecule has 1 saturated carbocycles. The highest BCUT2D eigenvalue weighted by Gasteiger charge is 2.51. The van der Waals surface area contributed by atoms with E-state index in [4.69, 9.17) is 18.9 Å². The summed E-state index contributed by atoms with van der Waals surface area (Å²) in [6, 6.07) is 0.128. The zero-order valence-electron chi connectivity index (χ0n) is 25.7. The fourth-order valence-electron chi connectivity index (χ4n) is 6.11. The van der Waals surface area contributed by atoms with Crippen LogP contribution in [0.25, 0.3) is 0 Å². The molecule has 8 atom stereocenters. The smallest absolute Gasteiger partial charge is 0.303 e. The van der Waals surface area contributed by atoms with Crippen LogP contribution in [0.1, 0.15) is 79.6 Å². The maximum Gasteiger partial charge on any atom is 0.303 e. The monoisotopic (exact) mass is 584 g/mol. The Morgan fingerprint density at radius 1 is 1.12 bits per heavy atom. The molecule has 0 aromatic carbocycles. The van der Waals surface area contributed by atoms with E-state index in [-0.39, 0.29) is 65.8 Å². The number of carbonyl (C=O) groups is 3. The van der Waals surface area contributed by atoms with Gasteiger partial charge in [0.25, 0.3) is 0 Å². The van der Waals surface area contributed by atoms with Crippen molar-refractivity contribution in [2.75, 3.05) is 6.61 Å². The molecule has 8 unspecified atom stereocenters. The quantitative estimate of drug-likeness (QED) is 0.123. The molecule has 4 fully saturated rings. The highest BCUT2D eigenvalue weighted by atomic mass is 16.6. The van der Waals surface area contributed by atoms with Gasteiger partial charge in [0.2, 0.25) is 11.8 Å². The minimum absolute atomic E-state index is 0.0389. The van der Waals surface area contributed by atoms with Gasteiger partial charge in [0.05, 0.1) is 49.1 Å².